The lowest BCUT2D eigenvalue weighted by molar-refractivity contribution is 0.0740. The first kappa shape index (κ1) is 22.9. The van der Waals surface area contributed by atoms with Gasteiger partial charge in [-0.1, -0.05) is 26.0 Å². The summed E-state index contributed by atoms with van der Waals surface area (Å²) >= 11 is 1.59. The van der Waals surface area contributed by atoms with E-state index in [0.29, 0.717) is 18.7 Å². The number of hydrogen-bond acceptors (Lipinski definition) is 4. The Balaban J connectivity index is 0.00000264. The summed E-state index contributed by atoms with van der Waals surface area (Å²) in [7, 11) is 1.82. The highest BCUT2D eigenvalue weighted by molar-refractivity contribution is 7.13. The second-order valence-corrected chi connectivity index (χ2v) is 7.26. The van der Waals surface area contributed by atoms with Gasteiger partial charge in [0, 0.05) is 35.8 Å². The fourth-order valence-electron chi connectivity index (χ4n) is 2.27. The maximum atomic E-state index is 12.6. The zero-order chi connectivity index (χ0) is 16.3. The fourth-order valence-corrected chi connectivity index (χ4v) is 3.07. The quantitative estimate of drug-likeness (QED) is 0.839. The number of nitrogens with two attached hydrogens (primary N) is 1. The summed E-state index contributed by atoms with van der Waals surface area (Å²) in [6.07, 6.45) is 0. The van der Waals surface area contributed by atoms with Crippen molar-refractivity contribution in [1.82, 2.24) is 9.88 Å². The summed E-state index contributed by atoms with van der Waals surface area (Å²) in [5, 5.41) is 2.96. The molecule has 0 aliphatic carbocycles. The highest BCUT2D eigenvalue weighted by atomic mass is 35.5. The van der Waals surface area contributed by atoms with E-state index in [0.717, 1.165) is 16.3 Å². The van der Waals surface area contributed by atoms with E-state index in [1.807, 2.05) is 43.6 Å². The van der Waals surface area contributed by atoms with Crippen molar-refractivity contribution in [3.8, 4) is 10.6 Å². The lowest BCUT2D eigenvalue weighted by atomic mass is 9.93. The maximum Gasteiger partial charge on any atom is 0.253 e. The van der Waals surface area contributed by atoms with Crippen LogP contribution in [0.25, 0.3) is 10.6 Å². The number of hydrogen-bond donors (Lipinski definition) is 1. The van der Waals surface area contributed by atoms with Crippen molar-refractivity contribution in [3.63, 3.8) is 0 Å². The van der Waals surface area contributed by atoms with Crippen LogP contribution in [-0.4, -0.2) is 35.9 Å². The van der Waals surface area contributed by atoms with Crippen LogP contribution in [-0.2, 0) is 0 Å². The highest BCUT2D eigenvalue weighted by Gasteiger charge is 2.22. The van der Waals surface area contributed by atoms with Crippen LogP contribution in [0.2, 0.25) is 0 Å². The van der Waals surface area contributed by atoms with E-state index in [9.17, 15) is 4.79 Å². The number of halogens is 2. The number of rotatable bonds is 5. The zero-order valence-electron chi connectivity index (χ0n) is 14.4. The molecule has 0 aliphatic rings. The monoisotopic (exact) mass is 389 g/mol. The Kier molecular flexibility index (Phi) is 8.93. The Morgan fingerprint density at radius 1 is 1.33 bits per heavy atom. The van der Waals surface area contributed by atoms with Gasteiger partial charge in [0.1, 0.15) is 5.01 Å². The zero-order valence-corrected chi connectivity index (χ0v) is 16.9. The number of aryl methyl sites for hydroxylation is 1. The molecule has 0 fully saturated rings. The molecule has 0 spiro atoms. The van der Waals surface area contributed by atoms with E-state index >= 15 is 0 Å². The van der Waals surface area contributed by atoms with Crippen LogP contribution in [0.5, 0.6) is 0 Å². The smallest absolute Gasteiger partial charge is 0.253 e. The minimum Gasteiger partial charge on any atom is -0.341 e. The lowest BCUT2D eigenvalue weighted by Crippen LogP contribution is -2.39. The first-order valence-electron chi connectivity index (χ1n) is 7.30. The van der Waals surface area contributed by atoms with E-state index in [4.69, 9.17) is 5.73 Å². The van der Waals surface area contributed by atoms with Gasteiger partial charge < -0.3 is 10.6 Å². The number of carbonyl (C=O) groups excluding carboxylic acids is 1. The Hall–Kier alpha value is -1.14. The predicted octanol–water partition coefficient (Wildman–Crippen LogP) is 4.02. The number of benzene rings is 1. The van der Waals surface area contributed by atoms with Gasteiger partial charge in [-0.05, 0) is 31.0 Å². The van der Waals surface area contributed by atoms with Crippen molar-refractivity contribution in [1.29, 1.82) is 0 Å². The van der Waals surface area contributed by atoms with Crippen molar-refractivity contribution < 1.29 is 4.79 Å². The molecular weight excluding hydrogens is 365 g/mol. The summed E-state index contributed by atoms with van der Waals surface area (Å²) in [5.41, 5.74) is 8.32. The molecule has 0 bridgehead atoms. The van der Waals surface area contributed by atoms with Crippen LogP contribution >= 0.6 is 36.2 Å². The topological polar surface area (TPSA) is 59.2 Å². The van der Waals surface area contributed by atoms with Crippen LogP contribution in [0.1, 0.15) is 29.9 Å². The molecule has 1 heterocycles. The largest absolute Gasteiger partial charge is 0.341 e. The summed E-state index contributed by atoms with van der Waals surface area (Å²) in [6, 6.07) is 7.64. The molecule has 7 heteroatoms. The molecule has 0 aliphatic heterocycles. The van der Waals surface area contributed by atoms with Crippen LogP contribution in [0.4, 0.5) is 0 Å². The second kappa shape index (κ2) is 9.37. The summed E-state index contributed by atoms with van der Waals surface area (Å²) in [4.78, 5) is 18.8. The summed E-state index contributed by atoms with van der Waals surface area (Å²) in [6.45, 7) is 7.26. The maximum absolute atomic E-state index is 12.6. The average Bonchev–Trinajstić information content (AvgIpc) is 2.93. The van der Waals surface area contributed by atoms with Crippen LogP contribution in [0.3, 0.4) is 0 Å². The Labute approximate surface area is 160 Å². The van der Waals surface area contributed by atoms with Gasteiger partial charge in [0.05, 0.1) is 0 Å². The minimum atomic E-state index is -0.0888. The van der Waals surface area contributed by atoms with Gasteiger partial charge in [0.25, 0.3) is 5.91 Å². The first-order valence-corrected chi connectivity index (χ1v) is 8.18. The molecule has 0 saturated carbocycles. The molecule has 2 aromatic rings. The molecule has 1 aromatic carbocycles. The third-order valence-corrected chi connectivity index (χ3v) is 4.55. The molecule has 1 amide bonds. The van der Waals surface area contributed by atoms with Crippen LogP contribution in [0.15, 0.2) is 29.6 Å². The number of carbonyl (C=O) groups is 1. The standard InChI is InChI=1S/C17H23N3OS.2ClH/c1-12-9-22-15(19-12)13-6-5-7-14(8-13)16(21)20(4)11-17(2,3)10-18;;/h5-9H,10-11,18H2,1-4H3;2*1H. The molecule has 1 aromatic heterocycles. The normalized spacial score (nSPS) is 10.5. The number of nitrogens with zero attached hydrogens (tertiary/aromatic N) is 2. The molecular formula is C17H25Cl2N3OS. The SMILES string of the molecule is Cc1csc(-c2cccc(C(=O)N(C)CC(C)(C)CN)c2)n1.Cl.Cl. The van der Waals surface area contributed by atoms with Gasteiger partial charge in [-0.3, -0.25) is 4.79 Å². The molecule has 0 unspecified atom stereocenters. The van der Waals surface area contributed by atoms with Crippen LogP contribution in [0, 0.1) is 12.3 Å². The summed E-state index contributed by atoms with van der Waals surface area (Å²) < 4.78 is 0. The van der Waals surface area contributed by atoms with Gasteiger partial charge in [-0.25, -0.2) is 4.98 Å². The average molecular weight is 390 g/mol. The van der Waals surface area contributed by atoms with Gasteiger partial charge in [-0.15, -0.1) is 36.2 Å². The Morgan fingerprint density at radius 3 is 2.54 bits per heavy atom. The third-order valence-electron chi connectivity index (χ3n) is 3.54. The predicted molar refractivity (Wildman–Crippen MR) is 107 cm³/mol. The Bertz CT molecular complexity index is 673. The van der Waals surface area contributed by atoms with Crippen molar-refractivity contribution in [2.45, 2.75) is 20.8 Å². The van der Waals surface area contributed by atoms with Gasteiger partial charge in [0.2, 0.25) is 0 Å². The number of amides is 1. The van der Waals surface area contributed by atoms with E-state index in [-0.39, 0.29) is 36.1 Å². The minimum absolute atomic E-state index is 0. The third kappa shape index (κ3) is 5.74. The van der Waals surface area contributed by atoms with Gasteiger partial charge in [0.15, 0.2) is 0 Å². The molecule has 2 N–H and O–H groups in total. The molecule has 0 saturated heterocycles. The molecule has 134 valence electrons. The number of aromatic nitrogens is 1. The lowest BCUT2D eigenvalue weighted by Gasteiger charge is -2.29. The van der Waals surface area contributed by atoms with E-state index < -0.39 is 0 Å². The Morgan fingerprint density at radius 2 is 2.00 bits per heavy atom. The first-order chi connectivity index (χ1) is 10.3. The molecule has 0 atom stereocenters. The highest BCUT2D eigenvalue weighted by Crippen LogP contribution is 2.25. The van der Waals surface area contributed by atoms with Crippen molar-refractivity contribution in [3.05, 3.63) is 40.9 Å². The molecule has 24 heavy (non-hydrogen) atoms. The second-order valence-electron chi connectivity index (χ2n) is 6.40. The summed E-state index contributed by atoms with van der Waals surface area (Å²) in [5.74, 6) is 0.0108. The molecule has 2 rings (SSSR count). The van der Waals surface area contributed by atoms with Crippen molar-refractivity contribution in [2.75, 3.05) is 20.1 Å². The van der Waals surface area contributed by atoms with Crippen LogP contribution < -0.4 is 5.73 Å². The van der Waals surface area contributed by atoms with E-state index in [2.05, 4.69) is 18.8 Å². The van der Waals surface area contributed by atoms with Gasteiger partial charge in [-0.2, -0.15) is 0 Å². The number of thiazole rings is 1. The van der Waals surface area contributed by atoms with E-state index in [1.165, 1.54) is 0 Å². The molecule has 0 radical (unpaired) electrons. The van der Waals surface area contributed by atoms with Crippen molar-refractivity contribution >= 4 is 42.1 Å². The molecule has 4 nitrogen and oxygen atoms in total. The van der Waals surface area contributed by atoms with Gasteiger partial charge >= 0.3 is 0 Å². The van der Waals surface area contributed by atoms with Crippen molar-refractivity contribution in [2.24, 2.45) is 11.1 Å². The van der Waals surface area contributed by atoms with E-state index in [1.54, 1.807) is 16.2 Å². The fraction of sp³-hybridized carbons (Fsp3) is 0.412.